The van der Waals surface area contributed by atoms with Crippen LogP contribution in [0.3, 0.4) is 0 Å². The topological polar surface area (TPSA) is 74.8 Å². The van der Waals surface area contributed by atoms with Gasteiger partial charge in [-0.1, -0.05) is 18.7 Å². The molecule has 0 bridgehead atoms. The predicted octanol–water partition coefficient (Wildman–Crippen LogP) is 3.47. The summed E-state index contributed by atoms with van der Waals surface area (Å²) >= 11 is 1.06. The number of benzene rings is 1. The maximum absolute atomic E-state index is 12.5. The van der Waals surface area contributed by atoms with Crippen molar-refractivity contribution in [2.75, 3.05) is 5.32 Å². The van der Waals surface area contributed by atoms with Crippen molar-refractivity contribution in [1.82, 2.24) is 9.97 Å². The molecule has 2 rings (SSSR count). The highest BCUT2D eigenvalue weighted by Gasteiger charge is 2.30. The summed E-state index contributed by atoms with van der Waals surface area (Å²) in [6.45, 7) is 3.47. The van der Waals surface area contributed by atoms with Crippen LogP contribution in [0.5, 0.6) is 0 Å². The summed E-state index contributed by atoms with van der Waals surface area (Å²) < 4.78 is 37.6. The maximum atomic E-state index is 12.5. The molecule has 0 spiro atoms. The Morgan fingerprint density at radius 2 is 1.96 bits per heavy atom. The minimum Gasteiger partial charge on any atom is -0.325 e. The molecule has 2 aromatic rings. The van der Waals surface area contributed by atoms with Gasteiger partial charge in [0, 0.05) is 17.4 Å². The number of carbonyl (C=O) groups is 1. The number of nitrogens with zero attached hydrogens (tertiary/aromatic N) is 1. The molecular formula is C16H16F3N3O2S. The van der Waals surface area contributed by atoms with Crippen molar-refractivity contribution in [2.45, 2.75) is 36.9 Å². The summed E-state index contributed by atoms with van der Waals surface area (Å²) in [6, 6.07) is 5.57. The van der Waals surface area contributed by atoms with Gasteiger partial charge in [0.1, 0.15) is 0 Å². The Morgan fingerprint density at radius 3 is 2.52 bits per heavy atom. The highest BCUT2D eigenvalue weighted by atomic mass is 32.2. The molecule has 9 heteroatoms. The zero-order chi connectivity index (χ0) is 18.6. The molecule has 1 unspecified atom stereocenters. The molecule has 1 heterocycles. The van der Waals surface area contributed by atoms with E-state index in [1.54, 1.807) is 6.92 Å². The van der Waals surface area contributed by atoms with Crippen LogP contribution < -0.4 is 10.9 Å². The fourth-order valence-electron chi connectivity index (χ4n) is 1.93. The van der Waals surface area contributed by atoms with E-state index in [9.17, 15) is 22.8 Å². The smallest absolute Gasteiger partial charge is 0.325 e. The second kappa shape index (κ2) is 7.73. The van der Waals surface area contributed by atoms with Gasteiger partial charge >= 0.3 is 6.18 Å². The normalized spacial score (nSPS) is 12.7. The van der Waals surface area contributed by atoms with E-state index in [-0.39, 0.29) is 11.2 Å². The monoisotopic (exact) mass is 371 g/mol. The zero-order valence-corrected chi connectivity index (χ0v) is 14.3. The van der Waals surface area contributed by atoms with Gasteiger partial charge in [-0.3, -0.25) is 9.59 Å². The minimum atomic E-state index is -4.42. The number of amides is 1. The molecule has 1 aromatic carbocycles. The summed E-state index contributed by atoms with van der Waals surface area (Å²) in [7, 11) is 0. The van der Waals surface area contributed by atoms with Crippen LogP contribution in [0.1, 0.15) is 25.1 Å². The number of alkyl halides is 3. The molecule has 0 saturated carbocycles. The van der Waals surface area contributed by atoms with Gasteiger partial charge in [-0.05, 0) is 37.6 Å². The number of hydrogen-bond donors (Lipinski definition) is 2. The van der Waals surface area contributed by atoms with Crippen molar-refractivity contribution < 1.29 is 18.0 Å². The average Bonchev–Trinajstić information content (AvgIpc) is 2.53. The largest absolute Gasteiger partial charge is 0.416 e. The molecule has 1 atom stereocenters. The van der Waals surface area contributed by atoms with Crippen molar-refractivity contribution in [3.05, 3.63) is 51.9 Å². The van der Waals surface area contributed by atoms with E-state index in [2.05, 4.69) is 15.3 Å². The van der Waals surface area contributed by atoms with E-state index >= 15 is 0 Å². The number of anilines is 1. The summed E-state index contributed by atoms with van der Waals surface area (Å²) in [5, 5.41) is 2.26. The Kier molecular flexibility index (Phi) is 5.89. The van der Waals surface area contributed by atoms with Gasteiger partial charge in [-0.2, -0.15) is 13.2 Å². The van der Waals surface area contributed by atoms with Crippen molar-refractivity contribution in [3.8, 4) is 0 Å². The van der Waals surface area contributed by atoms with Gasteiger partial charge in [0.2, 0.25) is 5.91 Å². The zero-order valence-electron chi connectivity index (χ0n) is 13.5. The van der Waals surface area contributed by atoms with Gasteiger partial charge < -0.3 is 10.3 Å². The van der Waals surface area contributed by atoms with Crippen molar-refractivity contribution in [1.29, 1.82) is 0 Å². The lowest BCUT2D eigenvalue weighted by atomic mass is 10.2. The van der Waals surface area contributed by atoms with E-state index in [0.29, 0.717) is 17.3 Å². The molecule has 1 amide bonds. The number of carbonyl (C=O) groups excluding carboxylic acids is 1. The highest BCUT2D eigenvalue weighted by Crippen LogP contribution is 2.30. The fourth-order valence-corrected chi connectivity index (χ4v) is 2.76. The molecule has 0 aliphatic heterocycles. The van der Waals surface area contributed by atoms with Gasteiger partial charge in [-0.25, -0.2) is 4.98 Å². The van der Waals surface area contributed by atoms with E-state index in [1.165, 1.54) is 18.2 Å². The van der Waals surface area contributed by atoms with E-state index < -0.39 is 22.9 Å². The molecule has 0 saturated heterocycles. The van der Waals surface area contributed by atoms with Crippen LogP contribution in [-0.2, 0) is 17.4 Å². The molecular weight excluding hydrogens is 355 g/mol. The minimum absolute atomic E-state index is 0.259. The molecule has 5 nitrogen and oxygen atoms in total. The molecule has 2 N–H and O–H groups in total. The number of rotatable bonds is 5. The van der Waals surface area contributed by atoms with Crippen LogP contribution in [0.2, 0.25) is 0 Å². The predicted molar refractivity (Wildman–Crippen MR) is 89.6 cm³/mol. The standard InChI is InChI=1S/C16H16F3N3O2S/c1-3-11-8-13(23)22-15(21-11)25-9(2)14(24)20-12-6-4-10(5-7-12)16(17,18)19/h4-9H,3H2,1-2H3,(H,20,24)(H,21,22,23). The molecule has 0 fully saturated rings. The number of nitrogens with one attached hydrogen (secondary N) is 2. The van der Waals surface area contributed by atoms with Crippen LogP contribution in [-0.4, -0.2) is 21.1 Å². The fraction of sp³-hybridized carbons (Fsp3) is 0.312. The number of H-pyrrole nitrogens is 1. The Morgan fingerprint density at radius 1 is 1.32 bits per heavy atom. The molecule has 25 heavy (non-hydrogen) atoms. The molecule has 0 aliphatic carbocycles. The molecule has 1 aromatic heterocycles. The first-order chi connectivity index (χ1) is 11.7. The van der Waals surface area contributed by atoms with Gasteiger partial charge in [0.15, 0.2) is 5.16 Å². The number of halogens is 3. The van der Waals surface area contributed by atoms with Crippen LogP contribution in [0.4, 0.5) is 18.9 Å². The lowest BCUT2D eigenvalue weighted by molar-refractivity contribution is -0.137. The Balaban J connectivity index is 2.03. The molecule has 134 valence electrons. The van der Waals surface area contributed by atoms with Gasteiger partial charge in [0.25, 0.3) is 5.56 Å². The number of aromatic amines is 1. The Bertz CT molecular complexity index is 804. The van der Waals surface area contributed by atoms with Crippen LogP contribution in [0.15, 0.2) is 40.3 Å². The third-order valence-corrected chi connectivity index (χ3v) is 4.26. The Labute approximate surface area is 146 Å². The summed E-state index contributed by atoms with van der Waals surface area (Å²) in [4.78, 5) is 30.5. The van der Waals surface area contributed by atoms with Gasteiger partial charge in [-0.15, -0.1) is 0 Å². The van der Waals surface area contributed by atoms with E-state index in [1.807, 2.05) is 6.92 Å². The molecule has 0 radical (unpaired) electrons. The summed E-state index contributed by atoms with van der Waals surface area (Å²) in [6.07, 6.45) is -3.84. The van der Waals surface area contributed by atoms with E-state index in [0.717, 1.165) is 23.9 Å². The third-order valence-electron chi connectivity index (χ3n) is 3.27. The van der Waals surface area contributed by atoms with Crippen molar-refractivity contribution in [2.24, 2.45) is 0 Å². The second-order valence-corrected chi connectivity index (χ2v) is 6.55. The first-order valence-corrected chi connectivity index (χ1v) is 8.32. The lowest BCUT2D eigenvalue weighted by Crippen LogP contribution is -2.23. The third kappa shape index (κ3) is 5.35. The van der Waals surface area contributed by atoms with E-state index in [4.69, 9.17) is 0 Å². The Hall–Kier alpha value is -2.29. The number of thioether (sulfide) groups is 1. The van der Waals surface area contributed by atoms with Crippen LogP contribution in [0.25, 0.3) is 0 Å². The molecule has 0 aliphatic rings. The summed E-state index contributed by atoms with van der Waals surface area (Å²) in [5.74, 6) is -0.408. The average molecular weight is 371 g/mol. The second-order valence-electron chi connectivity index (χ2n) is 5.22. The SMILES string of the molecule is CCc1cc(=O)[nH]c(SC(C)C(=O)Nc2ccc(C(F)(F)F)cc2)n1. The van der Waals surface area contributed by atoms with Crippen molar-refractivity contribution in [3.63, 3.8) is 0 Å². The van der Waals surface area contributed by atoms with Crippen LogP contribution >= 0.6 is 11.8 Å². The number of aryl methyl sites for hydroxylation is 1. The number of hydrogen-bond acceptors (Lipinski definition) is 4. The number of aromatic nitrogens is 2. The highest BCUT2D eigenvalue weighted by molar-refractivity contribution is 8.00. The first-order valence-electron chi connectivity index (χ1n) is 7.44. The quantitative estimate of drug-likeness (QED) is 0.623. The van der Waals surface area contributed by atoms with Gasteiger partial charge in [0.05, 0.1) is 10.8 Å². The maximum Gasteiger partial charge on any atom is 0.416 e. The first kappa shape index (κ1) is 19.0. The lowest BCUT2D eigenvalue weighted by Gasteiger charge is -2.12. The summed E-state index contributed by atoms with van der Waals surface area (Å²) in [5.41, 5.74) is -0.216. The van der Waals surface area contributed by atoms with Crippen molar-refractivity contribution >= 4 is 23.4 Å². The van der Waals surface area contributed by atoms with Crippen LogP contribution in [0, 0.1) is 0 Å².